The highest BCUT2D eigenvalue weighted by molar-refractivity contribution is 6.00. The van der Waals surface area contributed by atoms with Gasteiger partial charge in [-0.15, -0.1) is 0 Å². The summed E-state index contributed by atoms with van der Waals surface area (Å²) < 4.78 is 5.37. The predicted octanol–water partition coefficient (Wildman–Crippen LogP) is 2.96. The summed E-state index contributed by atoms with van der Waals surface area (Å²) >= 11 is 0. The molecule has 1 heterocycles. The number of carbonyl (C=O) groups is 3. The Morgan fingerprint density at radius 2 is 1.96 bits per heavy atom. The Morgan fingerprint density at radius 1 is 1.21 bits per heavy atom. The second kappa shape index (κ2) is 8.73. The van der Waals surface area contributed by atoms with Gasteiger partial charge in [0.1, 0.15) is 11.6 Å². The molecule has 2 fully saturated rings. The first-order valence-electron chi connectivity index (χ1n) is 10.0. The van der Waals surface area contributed by atoms with Crippen LogP contribution in [0.5, 0.6) is 0 Å². The third-order valence-electron chi connectivity index (χ3n) is 5.91. The lowest BCUT2D eigenvalue weighted by atomic mass is 9.75. The van der Waals surface area contributed by atoms with E-state index in [0.717, 1.165) is 25.7 Å². The molecule has 0 aromatic heterocycles. The van der Waals surface area contributed by atoms with Gasteiger partial charge in [-0.2, -0.15) is 0 Å². The van der Waals surface area contributed by atoms with Crippen molar-refractivity contribution in [3.63, 3.8) is 0 Å². The Morgan fingerprint density at radius 3 is 2.57 bits per heavy atom. The molecule has 7 heteroatoms. The number of hydrogen-bond acceptors (Lipinski definition) is 4. The summed E-state index contributed by atoms with van der Waals surface area (Å²) in [4.78, 5) is 36.9. The standard InChI is InChI=1S/C21H28N2O5/c1-2-14-8-10-21(11-9-14,20(26)27)23-18(24)15-5-3-6-16(13-15)22-19(25)17-7-4-12-28-17/h3,5-6,13-14,17H,2,4,7-12H2,1H3,(H,22,25)(H,23,24)(H,26,27). The van der Waals surface area contributed by atoms with Crippen molar-refractivity contribution in [2.24, 2.45) is 5.92 Å². The van der Waals surface area contributed by atoms with E-state index in [2.05, 4.69) is 17.6 Å². The first-order chi connectivity index (χ1) is 13.4. The molecule has 1 aliphatic heterocycles. The van der Waals surface area contributed by atoms with Gasteiger partial charge in [-0.05, 0) is 62.6 Å². The summed E-state index contributed by atoms with van der Waals surface area (Å²) in [6, 6.07) is 6.55. The van der Waals surface area contributed by atoms with Crippen LogP contribution in [-0.2, 0) is 14.3 Å². The largest absolute Gasteiger partial charge is 0.480 e. The van der Waals surface area contributed by atoms with E-state index >= 15 is 0 Å². The first-order valence-corrected chi connectivity index (χ1v) is 10.0. The third kappa shape index (κ3) is 4.52. The lowest BCUT2D eigenvalue weighted by Crippen LogP contribution is -2.56. The molecule has 1 aliphatic carbocycles. The molecule has 1 unspecified atom stereocenters. The van der Waals surface area contributed by atoms with Crippen molar-refractivity contribution in [2.45, 2.75) is 63.5 Å². The number of hydrogen-bond donors (Lipinski definition) is 3. The van der Waals surface area contributed by atoms with Crippen LogP contribution in [0.1, 0.15) is 62.2 Å². The van der Waals surface area contributed by atoms with E-state index in [1.807, 2.05) is 0 Å². The van der Waals surface area contributed by atoms with Crippen molar-refractivity contribution in [1.82, 2.24) is 5.32 Å². The fraction of sp³-hybridized carbons (Fsp3) is 0.571. The smallest absolute Gasteiger partial charge is 0.329 e. The number of nitrogens with one attached hydrogen (secondary N) is 2. The number of aliphatic carboxylic acids is 1. The molecule has 1 saturated carbocycles. The van der Waals surface area contributed by atoms with Crippen LogP contribution in [0.2, 0.25) is 0 Å². The number of carbonyl (C=O) groups excluding carboxylic acids is 2. The minimum absolute atomic E-state index is 0.227. The van der Waals surface area contributed by atoms with Crippen LogP contribution in [0.15, 0.2) is 24.3 Å². The van der Waals surface area contributed by atoms with Crippen LogP contribution in [0.4, 0.5) is 5.69 Å². The van der Waals surface area contributed by atoms with Crippen molar-refractivity contribution >= 4 is 23.5 Å². The van der Waals surface area contributed by atoms with Crippen molar-refractivity contribution < 1.29 is 24.2 Å². The molecule has 2 amide bonds. The van der Waals surface area contributed by atoms with E-state index in [1.54, 1.807) is 24.3 Å². The topological polar surface area (TPSA) is 105 Å². The van der Waals surface area contributed by atoms with Crippen LogP contribution < -0.4 is 10.6 Å². The number of amides is 2. The summed E-state index contributed by atoms with van der Waals surface area (Å²) in [6.07, 6.45) is 4.56. The van der Waals surface area contributed by atoms with Gasteiger partial charge in [-0.3, -0.25) is 9.59 Å². The van der Waals surface area contributed by atoms with Crippen LogP contribution in [0.3, 0.4) is 0 Å². The number of ether oxygens (including phenoxy) is 1. The Kier molecular flexibility index (Phi) is 6.34. The molecule has 152 valence electrons. The highest BCUT2D eigenvalue weighted by Gasteiger charge is 2.43. The van der Waals surface area contributed by atoms with Gasteiger partial charge < -0.3 is 20.5 Å². The van der Waals surface area contributed by atoms with Gasteiger partial charge in [0.2, 0.25) is 0 Å². The molecule has 0 spiro atoms. The Labute approximate surface area is 164 Å². The zero-order valence-electron chi connectivity index (χ0n) is 16.2. The maximum Gasteiger partial charge on any atom is 0.329 e. The Balaban J connectivity index is 1.68. The van der Waals surface area contributed by atoms with Gasteiger partial charge in [-0.1, -0.05) is 19.4 Å². The lowest BCUT2D eigenvalue weighted by molar-refractivity contribution is -0.146. The van der Waals surface area contributed by atoms with Gasteiger partial charge in [-0.25, -0.2) is 4.79 Å². The molecule has 0 bridgehead atoms. The Hall–Kier alpha value is -2.41. The molecule has 3 N–H and O–H groups in total. The van der Waals surface area contributed by atoms with E-state index < -0.39 is 23.5 Å². The van der Waals surface area contributed by atoms with E-state index in [4.69, 9.17) is 4.74 Å². The molecule has 1 aromatic carbocycles. The molecule has 1 atom stereocenters. The summed E-state index contributed by atoms with van der Waals surface area (Å²) in [5.41, 5.74) is -0.407. The van der Waals surface area contributed by atoms with Gasteiger partial charge >= 0.3 is 5.97 Å². The molecule has 0 radical (unpaired) electrons. The maximum absolute atomic E-state index is 12.8. The van der Waals surface area contributed by atoms with Crippen LogP contribution in [0.25, 0.3) is 0 Å². The molecule has 28 heavy (non-hydrogen) atoms. The van der Waals surface area contributed by atoms with Crippen molar-refractivity contribution in [2.75, 3.05) is 11.9 Å². The molecule has 1 saturated heterocycles. The molecule has 1 aromatic rings. The van der Waals surface area contributed by atoms with E-state index in [0.29, 0.717) is 43.0 Å². The second-order valence-electron chi connectivity index (χ2n) is 7.76. The first kappa shape index (κ1) is 20.3. The summed E-state index contributed by atoms with van der Waals surface area (Å²) in [6.45, 7) is 2.68. The molecular weight excluding hydrogens is 360 g/mol. The third-order valence-corrected chi connectivity index (χ3v) is 5.91. The second-order valence-corrected chi connectivity index (χ2v) is 7.76. The number of rotatable bonds is 6. The lowest BCUT2D eigenvalue weighted by Gasteiger charge is -2.37. The quantitative estimate of drug-likeness (QED) is 0.695. The van der Waals surface area contributed by atoms with Crippen LogP contribution >= 0.6 is 0 Å². The van der Waals surface area contributed by atoms with Gasteiger partial charge in [0.05, 0.1) is 0 Å². The van der Waals surface area contributed by atoms with Crippen LogP contribution in [0, 0.1) is 5.92 Å². The monoisotopic (exact) mass is 388 g/mol. The van der Waals surface area contributed by atoms with Gasteiger partial charge in [0, 0.05) is 17.9 Å². The van der Waals surface area contributed by atoms with E-state index in [-0.39, 0.29) is 5.91 Å². The normalized spacial score (nSPS) is 27.2. The van der Waals surface area contributed by atoms with Crippen LogP contribution in [-0.4, -0.2) is 41.1 Å². The number of anilines is 1. The minimum atomic E-state index is -1.22. The molecule has 7 nitrogen and oxygen atoms in total. The maximum atomic E-state index is 12.8. The highest BCUT2D eigenvalue weighted by atomic mass is 16.5. The van der Waals surface area contributed by atoms with E-state index in [1.165, 1.54) is 0 Å². The average Bonchev–Trinajstić information content (AvgIpc) is 3.23. The number of benzene rings is 1. The summed E-state index contributed by atoms with van der Waals surface area (Å²) in [5.74, 6) is -1.14. The highest BCUT2D eigenvalue weighted by Crippen LogP contribution is 2.34. The molecular formula is C21H28N2O5. The van der Waals surface area contributed by atoms with Crippen molar-refractivity contribution in [3.8, 4) is 0 Å². The van der Waals surface area contributed by atoms with Gasteiger partial charge in [0.25, 0.3) is 11.8 Å². The summed E-state index contributed by atoms with van der Waals surface area (Å²) in [7, 11) is 0. The van der Waals surface area contributed by atoms with Crippen molar-refractivity contribution in [3.05, 3.63) is 29.8 Å². The predicted molar refractivity (Wildman–Crippen MR) is 104 cm³/mol. The molecule has 2 aliphatic rings. The minimum Gasteiger partial charge on any atom is -0.480 e. The van der Waals surface area contributed by atoms with E-state index in [9.17, 15) is 19.5 Å². The van der Waals surface area contributed by atoms with Crippen molar-refractivity contribution in [1.29, 1.82) is 0 Å². The molecule has 3 rings (SSSR count). The fourth-order valence-corrected chi connectivity index (χ4v) is 4.01. The number of carboxylic acids is 1. The summed E-state index contributed by atoms with van der Waals surface area (Å²) in [5, 5.41) is 15.3. The van der Waals surface area contributed by atoms with Gasteiger partial charge in [0.15, 0.2) is 0 Å². The average molecular weight is 388 g/mol. The Bertz CT molecular complexity index is 734. The zero-order chi connectivity index (χ0) is 20.1. The SMILES string of the molecule is CCC1CCC(NC(=O)c2cccc(NC(=O)C3CCCO3)c2)(C(=O)O)CC1. The number of carboxylic acid groups (broad SMARTS) is 1. The fourth-order valence-electron chi connectivity index (χ4n) is 4.01. The zero-order valence-corrected chi connectivity index (χ0v) is 16.2.